The molecular formula is C23H15FN4O. The zero-order valence-corrected chi connectivity index (χ0v) is 15.2. The molecule has 6 heteroatoms. The van der Waals surface area contributed by atoms with Gasteiger partial charge in [0.1, 0.15) is 11.5 Å². The van der Waals surface area contributed by atoms with Crippen LogP contribution in [0, 0.1) is 5.82 Å². The van der Waals surface area contributed by atoms with Gasteiger partial charge in [0.25, 0.3) is 5.91 Å². The highest BCUT2D eigenvalue weighted by atomic mass is 19.1. The number of aromatic nitrogens is 3. The predicted octanol–water partition coefficient (Wildman–Crippen LogP) is 5.17. The molecule has 0 radical (unpaired) electrons. The van der Waals surface area contributed by atoms with Crippen LogP contribution in [0.2, 0.25) is 0 Å². The fourth-order valence-electron chi connectivity index (χ4n) is 3.38. The molecule has 5 rings (SSSR count). The molecule has 3 heterocycles. The van der Waals surface area contributed by atoms with E-state index in [-0.39, 0.29) is 5.91 Å². The van der Waals surface area contributed by atoms with Gasteiger partial charge in [-0.15, -0.1) is 0 Å². The number of carbonyl (C=O) groups is 1. The van der Waals surface area contributed by atoms with Gasteiger partial charge in [-0.3, -0.25) is 9.78 Å². The van der Waals surface area contributed by atoms with Gasteiger partial charge in [0.05, 0.1) is 11.1 Å². The van der Waals surface area contributed by atoms with Crippen LogP contribution < -0.4 is 5.32 Å². The maximum Gasteiger partial charge on any atom is 0.257 e. The average molecular weight is 382 g/mol. The monoisotopic (exact) mass is 382 g/mol. The van der Waals surface area contributed by atoms with E-state index in [0.29, 0.717) is 16.9 Å². The van der Waals surface area contributed by atoms with Crippen LogP contribution in [-0.2, 0) is 0 Å². The first-order chi connectivity index (χ1) is 14.2. The van der Waals surface area contributed by atoms with Crippen molar-refractivity contribution in [3.8, 4) is 11.1 Å². The number of anilines is 1. The van der Waals surface area contributed by atoms with E-state index in [4.69, 9.17) is 0 Å². The van der Waals surface area contributed by atoms with Gasteiger partial charge in [-0.1, -0.05) is 18.2 Å². The number of benzene rings is 2. The van der Waals surface area contributed by atoms with Crippen molar-refractivity contribution in [2.75, 3.05) is 5.32 Å². The van der Waals surface area contributed by atoms with Gasteiger partial charge in [-0.25, -0.2) is 9.37 Å². The Morgan fingerprint density at radius 2 is 1.93 bits per heavy atom. The Hall–Kier alpha value is -4.06. The number of carbonyl (C=O) groups excluding carboxylic acids is 1. The summed E-state index contributed by atoms with van der Waals surface area (Å²) in [6, 6.07) is 17.5. The molecule has 0 saturated heterocycles. The van der Waals surface area contributed by atoms with Crippen LogP contribution in [-0.4, -0.2) is 20.9 Å². The summed E-state index contributed by atoms with van der Waals surface area (Å²) in [6.07, 6.45) is 5.14. The molecule has 0 spiro atoms. The number of pyridine rings is 2. The summed E-state index contributed by atoms with van der Waals surface area (Å²) in [7, 11) is 0. The van der Waals surface area contributed by atoms with Crippen molar-refractivity contribution in [3.05, 3.63) is 90.6 Å². The fraction of sp³-hybridized carbons (Fsp3) is 0. The van der Waals surface area contributed by atoms with Crippen LogP contribution in [0.5, 0.6) is 0 Å². The Kier molecular flexibility index (Phi) is 4.02. The summed E-state index contributed by atoms with van der Waals surface area (Å²) in [4.78, 5) is 24.5. The molecule has 29 heavy (non-hydrogen) atoms. The van der Waals surface area contributed by atoms with Crippen molar-refractivity contribution in [2.45, 2.75) is 0 Å². The van der Waals surface area contributed by atoms with Crippen molar-refractivity contribution >= 4 is 33.5 Å². The molecule has 0 unspecified atom stereocenters. The molecule has 1 amide bonds. The summed E-state index contributed by atoms with van der Waals surface area (Å²) in [5.41, 5.74) is 4.34. The zero-order chi connectivity index (χ0) is 19.8. The topological polar surface area (TPSA) is 70.7 Å². The van der Waals surface area contributed by atoms with Gasteiger partial charge in [0.2, 0.25) is 0 Å². The molecular weight excluding hydrogens is 367 g/mol. The van der Waals surface area contributed by atoms with Crippen molar-refractivity contribution in [1.82, 2.24) is 15.0 Å². The third kappa shape index (κ3) is 3.21. The number of aromatic amines is 1. The normalized spacial score (nSPS) is 11.1. The molecule has 3 aromatic heterocycles. The van der Waals surface area contributed by atoms with Crippen molar-refractivity contribution in [2.24, 2.45) is 0 Å². The smallest absolute Gasteiger partial charge is 0.257 e. The van der Waals surface area contributed by atoms with Crippen molar-refractivity contribution in [1.29, 1.82) is 0 Å². The summed E-state index contributed by atoms with van der Waals surface area (Å²) < 4.78 is 13.4. The SMILES string of the molecule is O=C(Nc1cccc(F)c1)c1cnc2[nH]cc(-c3ccc4ncccc4c3)c2c1. The van der Waals surface area contributed by atoms with Crippen molar-refractivity contribution < 1.29 is 9.18 Å². The highest BCUT2D eigenvalue weighted by Gasteiger charge is 2.13. The number of nitrogens with zero attached hydrogens (tertiary/aromatic N) is 2. The molecule has 0 atom stereocenters. The highest BCUT2D eigenvalue weighted by molar-refractivity contribution is 6.07. The van der Waals surface area contributed by atoms with E-state index in [1.807, 2.05) is 30.5 Å². The molecule has 2 N–H and O–H groups in total. The second-order valence-electron chi connectivity index (χ2n) is 6.70. The molecule has 5 nitrogen and oxygen atoms in total. The zero-order valence-electron chi connectivity index (χ0n) is 15.2. The first-order valence-electron chi connectivity index (χ1n) is 9.06. The summed E-state index contributed by atoms with van der Waals surface area (Å²) in [6.45, 7) is 0. The average Bonchev–Trinajstić information content (AvgIpc) is 3.16. The Labute approximate surface area is 165 Å². The molecule has 2 aromatic carbocycles. The third-order valence-electron chi connectivity index (χ3n) is 4.79. The minimum absolute atomic E-state index is 0.347. The van der Waals surface area contributed by atoms with Crippen LogP contribution in [0.4, 0.5) is 10.1 Å². The second-order valence-corrected chi connectivity index (χ2v) is 6.70. The van der Waals surface area contributed by atoms with Gasteiger partial charge >= 0.3 is 0 Å². The lowest BCUT2D eigenvalue weighted by molar-refractivity contribution is 0.102. The van der Waals surface area contributed by atoms with Gasteiger partial charge in [0.15, 0.2) is 0 Å². The van der Waals surface area contributed by atoms with Crippen molar-refractivity contribution in [3.63, 3.8) is 0 Å². The van der Waals surface area contributed by atoms with E-state index in [0.717, 1.165) is 27.4 Å². The first kappa shape index (κ1) is 17.1. The maximum atomic E-state index is 13.4. The summed E-state index contributed by atoms with van der Waals surface area (Å²) in [5.74, 6) is -0.755. The van der Waals surface area contributed by atoms with E-state index in [1.54, 1.807) is 24.4 Å². The lowest BCUT2D eigenvalue weighted by atomic mass is 10.0. The van der Waals surface area contributed by atoms with Crippen LogP contribution >= 0.6 is 0 Å². The number of fused-ring (bicyclic) bond motifs is 2. The Balaban J connectivity index is 1.53. The van der Waals surface area contributed by atoms with Gasteiger partial charge in [0, 0.05) is 40.6 Å². The molecule has 0 bridgehead atoms. The van der Waals surface area contributed by atoms with Crippen LogP contribution in [0.3, 0.4) is 0 Å². The standard InChI is InChI=1S/C23H15FN4O/c24-17-4-1-5-18(11-17)28-23(29)16-10-19-20(13-27-22(19)26-12-16)14-6-7-21-15(9-14)3-2-8-25-21/h1-13H,(H,26,27)(H,28,29). The number of hydrogen-bond acceptors (Lipinski definition) is 3. The largest absolute Gasteiger partial charge is 0.346 e. The number of amides is 1. The van der Waals surface area contributed by atoms with Crippen LogP contribution in [0.1, 0.15) is 10.4 Å². The minimum Gasteiger partial charge on any atom is -0.346 e. The number of rotatable bonds is 3. The first-order valence-corrected chi connectivity index (χ1v) is 9.06. The highest BCUT2D eigenvalue weighted by Crippen LogP contribution is 2.30. The molecule has 140 valence electrons. The molecule has 0 aliphatic heterocycles. The minimum atomic E-state index is -0.407. The van der Waals surface area contributed by atoms with E-state index < -0.39 is 5.82 Å². The van der Waals surface area contributed by atoms with Crippen LogP contribution in [0.15, 0.2) is 79.3 Å². The Morgan fingerprint density at radius 1 is 1.00 bits per heavy atom. The Morgan fingerprint density at radius 3 is 2.83 bits per heavy atom. The van der Waals surface area contributed by atoms with E-state index in [9.17, 15) is 9.18 Å². The van der Waals surface area contributed by atoms with E-state index >= 15 is 0 Å². The predicted molar refractivity (Wildman–Crippen MR) is 111 cm³/mol. The number of hydrogen-bond donors (Lipinski definition) is 2. The van der Waals surface area contributed by atoms with E-state index in [2.05, 4.69) is 26.3 Å². The van der Waals surface area contributed by atoms with Gasteiger partial charge < -0.3 is 10.3 Å². The molecule has 0 fully saturated rings. The number of halogens is 1. The van der Waals surface area contributed by atoms with E-state index in [1.165, 1.54) is 18.3 Å². The molecule has 0 aliphatic carbocycles. The fourth-order valence-corrected chi connectivity index (χ4v) is 3.38. The Bertz CT molecular complexity index is 1380. The number of H-pyrrole nitrogens is 1. The quantitative estimate of drug-likeness (QED) is 0.452. The van der Waals surface area contributed by atoms with Gasteiger partial charge in [-0.2, -0.15) is 0 Å². The second kappa shape index (κ2) is 6.83. The summed E-state index contributed by atoms with van der Waals surface area (Å²) in [5, 5.41) is 4.57. The molecule has 0 aliphatic rings. The third-order valence-corrected chi connectivity index (χ3v) is 4.79. The lowest BCUT2D eigenvalue weighted by Crippen LogP contribution is -2.12. The summed E-state index contributed by atoms with van der Waals surface area (Å²) >= 11 is 0. The lowest BCUT2D eigenvalue weighted by Gasteiger charge is -2.06. The van der Waals surface area contributed by atoms with Crippen LogP contribution in [0.25, 0.3) is 33.1 Å². The molecule has 5 aromatic rings. The maximum absolute atomic E-state index is 13.4. The number of nitrogens with one attached hydrogen (secondary N) is 2. The molecule has 0 saturated carbocycles. The van der Waals surface area contributed by atoms with Gasteiger partial charge in [-0.05, 0) is 48.0 Å².